The molecule has 1 N–H and O–H groups in total. The van der Waals surface area contributed by atoms with Crippen LogP contribution in [0.4, 0.5) is 0 Å². The van der Waals surface area contributed by atoms with Crippen LogP contribution in [0.3, 0.4) is 0 Å². The first-order valence-electron chi connectivity index (χ1n) is 5.08. The summed E-state index contributed by atoms with van der Waals surface area (Å²) in [6.45, 7) is 3.04. The zero-order valence-electron chi connectivity index (χ0n) is 8.83. The molecule has 1 amide bonds. The zero-order valence-corrected chi connectivity index (χ0v) is 8.83. The van der Waals surface area contributed by atoms with Gasteiger partial charge >= 0.3 is 0 Å². The summed E-state index contributed by atoms with van der Waals surface area (Å²) in [7, 11) is 0. The quantitative estimate of drug-likeness (QED) is 0.489. The highest BCUT2D eigenvalue weighted by Crippen LogP contribution is 2.02. The van der Waals surface area contributed by atoms with Gasteiger partial charge in [0.2, 0.25) is 5.91 Å². The fraction of sp³-hybridized carbons (Fsp3) is 0.727. The summed E-state index contributed by atoms with van der Waals surface area (Å²) in [6.07, 6.45) is 8.11. The maximum atomic E-state index is 11.5. The third-order valence-corrected chi connectivity index (χ3v) is 2.07. The van der Waals surface area contributed by atoms with E-state index in [2.05, 4.69) is 5.92 Å². The van der Waals surface area contributed by atoms with Gasteiger partial charge in [0.05, 0.1) is 6.61 Å². The number of terminal acetylenes is 1. The number of carbonyl (C=O) groups excluding carboxylic acids is 1. The van der Waals surface area contributed by atoms with Crippen molar-refractivity contribution in [3.05, 3.63) is 0 Å². The van der Waals surface area contributed by atoms with Crippen LogP contribution in [0.15, 0.2) is 0 Å². The van der Waals surface area contributed by atoms with Gasteiger partial charge in [0, 0.05) is 25.9 Å². The molecule has 0 saturated heterocycles. The molecule has 0 aromatic carbocycles. The van der Waals surface area contributed by atoms with Crippen molar-refractivity contribution in [2.24, 2.45) is 0 Å². The van der Waals surface area contributed by atoms with Gasteiger partial charge in [0.15, 0.2) is 0 Å². The molecule has 80 valence electrons. The monoisotopic (exact) mass is 197 g/mol. The van der Waals surface area contributed by atoms with Crippen molar-refractivity contribution in [2.45, 2.75) is 32.6 Å². The van der Waals surface area contributed by atoms with Crippen molar-refractivity contribution in [3.8, 4) is 12.3 Å². The lowest BCUT2D eigenvalue weighted by atomic mass is 10.2. The van der Waals surface area contributed by atoms with Crippen LogP contribution in [0.25, 0.3) is 0 Å². The fourth-order valence-corrected chi connectivity index (χ4v) is 1.24. The van der Waals surface area contributed by atoms with E-state index in [4.69, 9.17) is 11.5 Å². The molecule has 0 aromatic rings. The number of hydrogen-bond acceptors (Lipinski definition) is 2. The summed E-state index contributed by atoms with van der Waals surface area (Å²) < 4.78 is 0. The molecule has 0 radical (unpaired) electrons. The number of aliphatic hydroxyl groups is 1. The van der Waals surface area contributed by atoms with Crippen LogP contribution in [-0.2, 0) is 4.79 Å². The van der Waals surface area contributed by atoms with Gasteiger partial charge in [-0.3, -0.25) is 4.79 Å². The van der Waals surface area contributed by atoms with Crippen molar-refractivity contribution >= 4 is 5.91 Å². The minimum absolute atomic E-state index is 0.0317. The number of hydrogen-bond donors (Lipinski definition) is 1. The third kappa shape index (κ3) is 5.60. The predicted octanol–water partition coefficient (Wildman–Crippen LogP) is 1.02. The van der Waals surface area contributed by atoms with E-state index in [1.165, 1.54) is 0 Å². The predicted molar refractivity (Wildman–Crippen MR) is 56.6 cm³/mol. The molecule has 0 bridgehead atoms. The summed E-state index contributed by atoms with van der Waals surface area (Å²) in [5.41, 5.74) is 0. The molecule has 0 heterocycles. The first kappa shape index (κ1) is 13.0. The van der Waals surface area contributed by atoms with Crippen LogP contribution in [0, 0.1) is 12.3 Å². The highest BCUT2D eigenvalue weighted by molar-refractivity contribution is 5.76. The smallest absolute Gasteiger partial charge is 0.222 e. The number of rotatable bonds is 7. The summed E-state index contributed by atoms with van der Waals surface area (Å²) in [5, 5.41) is 8.71. The Bertz CT molecular complexity index is 196. The van der Waals surface area contributed by atoms with E-state index >= 15 is 0 Å². The molecule has 0 rings (SSSR count). The lowest BCUT2D eigenvalue weighted by Gasteiger charge is -2.19. The third-order valence-electron chi connectivity index (χ3n) is 2.07. The van der Waals surface area contributed by atoms with Crippen molar-refractivity contribution in [1.29, 1.82) is 0 Å². The zero-order chi connectivity index (χ0) is 10.8. The van der Waals surface area contributed by atoms with Gasteiger partial charge in [-0.15, -0.1) is 12.3 Å². The normalized spacial score (nSPS) is 9.50. The summed E-state index contributed by atoms with van der Waals surface area (Å²) in [6, 6.07) is 0. The fourth-order valence-electron chi connectivity index (χ4n) is 1.24. The maximum absolute atomic E-state index is 11.5. The van der Waals surface area contributed by atoms with Crippen LogP contribution in [0.1, 0.15) is 32.6 Å². The van der Waals surface area contributed by atoms with Crippen molar-refractivity contribution in [3.63, 3.8) is 0 Å². The number of carbonyl (C=O) groups is 1. The molecule has 0 spiro atoms. The molecular weight excluding hydrogens is 178 g/mol. The number of unbranched alkanes of at least 4 members (excludes halogenated alkanes) is 2. The number of nitrogens with zero attached hydrogens (tertiary/aromatic N) is 1. The van der Waals surface area contributed by atoms with E-state index in [1.54, 1.807) is 4.90 Å². The van der Waals surface area contributed by atoms with Crippen LogP contribution >= 0.6 is 0 Å². The standard InChI is InChI=1S/C11H19NO2/c1-3-5-6-7-8-11(14)12(4-2)9-10-13/h1,13H,4-10H2,2H3. The van der Waals surface area contributed by atoms with E-state index in [-0.39, 0.29) is 12.5 Å². The Kier molecular flexibility index (Phi) is 7.96. The Morgan fingerprint density at radius 2 is 2.21 bits per heavy atom. The van der Waals surface area contributed by atoms with Crippen molar-refractivity contribution < 1.29 is 9.90 Å². The largest absolute Gasteiger partial charge is 0.395 e. The maximum Gasteiger partial charge on any atom is 0.222 e. The van der Waals surface area contributed by atoms with Gasteiger partial charge in [-0.2, -0.15) is 0 Å². The topological polar surface area (TPSA) is 40.5 Å². The molecule has 0 unspecified atom stereocenters. The Labute approximate surface area is 86.1 Å². The molecule has 0 fully saturated rings. The average Bonchev–Trinajstić information content (AvgIpc) is 2.20. The molecule has 14 heavy (non-hydrogen) atoms. The van der Waals surface area contributed by atoms with Crippen LogP contribution in [0.2, 0.25) is 0 Å². The molecule has 0 aromatic heterocycles. The van der Waals surface area contributed by atoms with Gasteiger partial charge in [-0.25, -0.2) is 0 Å². The average molecular weight is 197 g/mol. The molecule has 3 nitrogen and oxygen atoms in total. The van der Waals surface area contributed by atoms with Crippen LogP contribution in [-0.4, -0.2) is 35.6 Å². The number of amides is 1. The lowest BCUT2D eigenvalue weighted by Crippen LogP contribution is -2.33. The van der Waals surface area contributed by atoms with Gasteiger partial charge in [0.25, 0.3) is 0 Å². The van der Waals surface area contributed by atoms with E-state index in [0.717, 1.165) is 19.3 Å². The minimum atomic E-state index is 0.0317. The minimum Gasteiger partial charge on any atom is -0.395 e. The van der Waals surface area contributed by atoms with Gasteiger partial charge in [0.1, 0.15) is 0 Å². The number of aliphatic hydroxyl groups excluding tert-OH is 1. The first-order chi connectivity index (χ1) is 6.76. The molecular formula is C11H19NO2. The Balaban J connectivity index is 3.65. The van der Waals surface area contributed by atoms with Crippen LogP contribution in [0.5, 0.6) is 0 Å². The molecule has 0 aliphatic heterocycles. The molecule has 3 heteroatoms. The second-order valence-electron chi connectivity index (χ2n) is 3.11. The Hall–Kier alpha value is -1.01. The van der Waals surface area contributed by atoms with E-state index < -0.39 is 0 Å². The first-order valence-corrected chi connectivity index (χ1v) is 5.08. The van der Waals surface area contributed by atoms with E-state index in [1.807, 2.05) is 6.92 Å². The summed E-state index contributed by atoms with van der Waals surface area (Å²) in [5.74, 6) is 2.65. The van der Waals surface area contributed by atoms with Gasteiger partial charge < -0.3 is 10.0 Å². The van der Waals surface area contributed by atoms with E-state index in [9.17, 15) is 4.79 Å². The molecule has 0 aliphatic rings. The molecule has 0 atom stereocenters. The van der Waals surface area contributed by atoms with Gasteiger partial charge in [-0.1, -0.05) is 0 Å². The second-order valence-corrected chi connectivity index (χ2v) is 3.11. The summed E-state index contributed by atoms with van der Waals surface area (Å²) in [4.78, 5) is 13.2. The van der Waals surface area contributed by atoms with Crippen LogP contribution < -0.4 is 0 Å². The van der Waals surface area contributed by atoms with Crippen molar-refractivity contribution in [1.82, 2.24) is 4.90 Å². The second kappa shape index (κ2) is 8.58. The SMILES string of the molecule is C#CCCCCC(=O)N(CC)CCO. The van der Waals surface area contributed by atoms with Crippen molar-refractivity contribution in [2.75, 3.05) is 19.7 Å². The van der Waals surface area contributed by atoms with Gasteiger partial charge in [-0.05, 0) is 19.8 Å². The van der Waals surface area contributed by atoms with E-state index in [0.29, 0.717) is 19.5 Å². The Morgan fingerprint density at radius 3 is 2.71 bits per heavy atom. The lowest BCUT2D eigenvalue weighted by molar-refractivity contribution is -0.131. The molecule has 0 aliphatic carbocycles. The highest BCUT2D eigenvalue weighted by Gasteiger charge is 2.09. The highest BCUT2D eigenvalue weighted by atomic mass is 16.3. The number of likely N-dealkylation sites (N-methyl/N-ethyl adjacent to an activating group) is 1. The Morgan fingerprint density at radius 1 is 1.50 bits per heavy atom. The summed E-state index contributed by atoms with van der Waals surface area (Å²) >= 11 is 0. The molecule has 0 saturated carbocycles.